The van der Waals surface area contributed by atoms with Crippen molar-refractivity contribution < 1.29 is 9.59 Å². The molecule has 0 bridgehead atoms. The van der Waals surface area contributed by atoms with E-state index in [0.717, 1.165) is 57.3 Å². The van der Waals surface area contributed by atoms with Crippen LogP contribution in [0.3, 0.4) is 0 Å². The van der Waals surface area contributed by atoms with Gasteiger partial charge in [-0.05, 0) is 38.7 Å². The quantitative estimate of drug-likeness (QED) is 0.905. The van der Waals surface area contributed by atoms with Crippen LogP contribution in [0.4, 0.5) is 5.95 Å². The molecule has 26 heavy (non-hydrogen) atoms. The summed E-state index contributed by atoms with van der Waals surface area (Å²) in [4.78, 5) is 32.0. The van der Waals surface area contributed by atoms with E-state index in [1.165, 1.54) is 0 Å². The van der Waals surface area contributed by atoms with E-state index >= 15 is 0 Å². The molecule has 2 fully saturated rings. The molecule has 4 rings (SSSR count). The molecule has 2 aromatic heterocycles. The zero-order valence-electron chi connectivity index (χ0n) is 15.0. The van der Waals surface area contributed by atoms with Crippen molar-refractivity contribution in [2.24, 2.45) is 11.8 Å². The van der Waals surface area contributed by atoms with Crippen LogP contribution in [0.5, 0.6) is 0 Å². The molecule has 2 atom stereocenters. The topological polar surface area (TPSA) is 92.5 Å². The van der Waals surface area contributed by atoms with E-state index in [1.807, 2.05) is 17.9 Å². The average molecular weight is 356 g/mol. The zero-order chi connectivity index (χ0) is 18.1. The number of aromatic nitrogens is 4. The molecule has 3 heterocycles. The summed E-state index contributed by atoms with van der Waals surface area (Å²) in [6.07, 6.45) is 7.43. The van der Waals surface area contributed by atoms with E-state index in [1.54, 1.807) is 10.6 Å². The summed E-state index contributed by atoms with van der Waals surface area (Å²) in [5.41, 5.74) is 0.839. The molecule has 8 nitrogen and oxygen atoms in total. The predicted molar refractivity (Wildman–Crippen MR) is 95.4 cm³/mol. The van der Waals surface area contributed by atoms with Gasteiger partial charge >= 0.3 is 0 Å². The Hall–Kier alpha value is -2.51. The van der Waals surface area contributed by atoms with Gasteiger partial charge in [-0.2, -0.15) is 0 Å². The smallest absolute Gasteiger partial charge is 0.256 e. The van der Waals surface area contributed by atoms with Gasteiger partial charge in [0.25, 0.3) is 5.78 Å². The highest BCUT2D eigenvalue weighted by atomic mass is 16.2. The Kier molecular flexibility index (Phi) is 4.57. The third-order valence-corrected chi connectivity index (χ3v) is 5.49. The van der Waals surface area contributed by atoms with Crippen molar-refractivity contribution in [2.45, 2.75) is 45.4 Å². The highest BCUT2D eigenvalue weighted by molar-refractivity contribution is 5.95. The third-order valence-electron chi connectivity index (χ3n) is 5.49. The van der Waals surface area contributed by atoms with Gasteiger partial charge in [-0.15, -0.1) is 10.2 Å². The molecule has 1 saturated carbocycles. The lowest BCUT2D eigenvalue weighted by Gasteiger charge is -2.32. The number of hydrogen-bond donors (Lipinski definition) is 1. The van der Waals surface area contributed by atoms with E-state index in [-0.39, 0.29) is 23.7 Å². The van der Waals surface area contributed by atoms with Crippen LogP contribution in [0, 0.1) is 18.8 Å². The predicted octanol–water partition coefficient (Wildman–Crippen LogP) is 1.80. The summed E-state index contributed by atoms with van der Waals surface area (Å²) < 4.78 is 1.66. The molecule has 1 aliphatic heterocycles. The Balaban J connectivity index is 1.52. The zero-order valence-corrected chi connectivity index (χ0v) is 15.0. The van der Waals surface area contributed by atoms with Crippen molar-refractivity contribution >= 4 is 23.5 Å². The van der Waals surface area contributed by atoms with Gasteiger partial charge in [-0.1, -0.05) is 12.8 Å². The number of carbonyl (C=O) groups excluding carboxylic acids is 2. The van der Waals surface area contributed by atoms with Gasteiger partial charge in [-0.25, -0.2) is 4.98 Å². The maximum absolute atomic E-state index is 12.9. The number of likely N-dealkylation sites (tertiary alicyclic amines) is 1. The normalized spacial score (nSPS) is 23.3. The highest BCUT2D eigenvalue weighted by Gasteiger charge is 2.38. The molecular weight excluding hydrogens is 332 g/mol. The second-order valence-corrected chi connectivity index (χ2v) is 7.28. The lowest BCUT2D eigenvalue weighted by Crippen LogP contribution is -2.43. The van der Waals surface area contributed by atoms with Crippen LogP contribution in [0.1, 0.15) is 44.2 Å². The summed E-state index contributed by atoms with van der Waals surface area (Å²) >= 11 is 0. The molecule has 0 spiro atoms. The molecule has 0 aromatic carbocycles. The second-order valence-electron chi connectivity index (χ2n) is 7.28. The summed E-state index contributed by atoms with van der Waals surface area (Å²) in [7, 11) is 0. The summed E-state index contributed by atoms with van der Waals surface area (Å²) in [6, 6.07) is 1.84. The van der Waals surface area contributed by atoms with Gasteiger partial charge in [0.05, 0.1) is 0 Å². The first-order valence-corrected chi connectivity index (χ1v) is 9.41. The van der Waals surface area contributed by atoms with Crippen molar-refractivity contribution in [1.29, 1.82) is 0 Å². The fraction of sp³-hybridized carbons (Fsp3) is 0.611. The van der Waals surface area contributed by atoms with Gasteiger partial charge < -0.3 is 4.90 Å². The first kappa shape index (κ1) is 16.9. The molecule has 138 valence electrons. The Morgan fingerprint density at radius 3 is 2.58 bits per heavy atom. The SMILES string of the molecule is Cc1ccn2c(NC(=O)[C@H]3CCCC[C@H]3C(=O)N3CCCC3)nnc2n1. The second kappa shape index (κ2) is 7.01. The maximum Gasteiger partial charge on any atom is 0.256 e. The van der Waals surface area contributed by atoms with Crippen LogP contribution in [-0.4, -0.2) is 49.4 Å². The monoisotopic (exact) mass is 356 g/mol. The maximum atomic E-state index is 12.9. The van der Waals surface area contributed by atoms with E-state index in [2.05, 4.69) is 20.5 Å². The first-order chi connectivity index (χ1) is 12.6. The molecule has 2 aromatic rings. The minimum atomic E-state index is -0.303. The molecule has 1 saturated heterocycles. The molecular formula is C18H24N6O2. The lowest BCUT2D eigenvalue weighted by molar-refractivity contribution is -0.141. The van der Waals surface area contributed by atoms with Crippen molar-refractivity contribution in [2.75, 3.05) is 18.4 Å². The number of rotatable bonds is 3. The Bertz CT molecular complexity index is 826. The summed E-state index contributed by atoms with van der Waals surface area (Å²) in [5, 5.41) is 10.9. The number of amides is 2. The number of nitrogens with zero attached hydrogens (tertiary/aromatic N) is 5. The standard InChI is InChI=1S/C18H24N6O2/c1-12-8-11-24-17(19-12)21-22-18(24)20-15(25)13-6-2-3-7-14(13)16(26)23-9-4-5-10-23/h8,11,13-14H,2-7,9-10H2,1H3,(H,20,22,25)/t13-,14+/m0/s1. The van der Waals surface area contributed by atoms with E-state index in [4.69, 9.17) is 0 Å². The van der Waals surface area contributed by atoms with Crippen molar-refractivity contribution in [1.82, 2.24) is 24.5 Å². The van der Waals surface area contributed by atoms with Crippen LogP contribution < -0.4 is 5.32 Å². The van der Waals surface area contributed by atoms with Gasteiger partial charge in [-0.3, -0.25) is 19.3 Å². The van der Waals surface area contributed by atoms with E-state index < -0.39 is 0 Å². The van der Waals surface area contributed by atoms with Gasteiger partial charge in [0, 0.05) is 36.8 Å². The van der Waals surface area contributed by atoms with Crippen molar-refractivity contribution in [3.8, 4) is 0 Å². The average Bonchev–Trinajstić information content (AvgIpc) is 3.31. The minimum absolute atomic E-state index is 0.142. The van der Waals surface area contributed by atoms with E-state index in [9.17, 15) is 9.59 Å². The van der Waals surface area contributed by atoms with Crippen LogP contribution >= 0.6 is 0 Å². The Morgan fingerprint density at radius 1 is 1.08 bits per heavy atom. The van der Waals surface area contributed by atoms with Crippen LogP contribution in [-0.2, 0) is 9.59 Å². The third kappa shape index (κ3) is 3.15. The minimum Gasteiger partial charge on any atom is -0.342 e. The highest BCUT2D eigenvalue weighted by Crippen LogP contribution is 2.33. The summed E-state index contributed by atoms with van der Waals surface area (Å²) in [5.74, 6) is 0.288. The molecule has 0 unspecified atom stereocenters. The van der Waals surface area contributed by atoms with Crippen molar-refractivity contribution in [3.05, 3.63) is 18.0 Å². The molecule has 2 aliphatic rings. The number of fused-ring (bicyclic) bond motifs is 1. The van der Waals surface area contributed by atoms with E-state index in [0.29, 0.717) is 11.7 Å². The van der Waals surface area contributed by atoms with Crippen LogP contribution in [0.2, 0.25) is 0 Å². The van der Waals surface area contributed by atoms with Crippen LogP contribution in [0.15, 0.2) is 12.3 Å². The largest absolute Gasteiger partial charge is 0.342 e. The fourth-order valence-electron chi connectivity index (χ4n) is 4.07. The first-order valence-electron chi connectivity index (χ1n) is 9.41. The Morgan fingerprint density at radius 2 is 1.81 bits per heavy atom. The van der Waals surface area contributed by atoms with Crippen molar-refractivity contribution in [3.63, 3.8) is 0 Å². The molecule has 8 heteroatoms. The van der Waals surface area contributed by atoms with Gasteiger partial charge in [0.1, 0.15) is 0 Å². The molecule has 1 N–H and O–H groups in total. The summed E-state index contributed by atoms with van der Waals surface area (Å²) in [6.45, 7) is 3.52. The molecule has 2 amide bonds. The van der Waals surface area contributed by atoms with Crippen LogP contribution in [0.25, 0.3) is 5.78 Å². The lowest BCUT2D eigenvalue weighted by atomic mass is 9.78. The number of hydrogen-bond acceptors (Lipinski definition) is 5. The fourth-order valence-corrected chi connectivity index (χ4v) is 4.07. The van der Waals surface area contributed by atoms with Gasteiger partial charge in [0.15, 0.2) is 0 Å². The number of carbonyl (C=O) groups is 2. The Labute approximate surface area is 152 Å². The molecule has 0 radical (unpaired) electrons. The van der Waals surface area contributed by atoms with Gasteiger partial charge in [0.2, 0.25) is 17.8 Å². The number of anilines is 1. The number of aryl methyl sites for hydroxylation is 1. The molecule has 1 aliphatic carbocycles. The number of nitrogens with one attached hydrogen (secondary N) is 1.